The lowest BCUT2D eigenvalue weighted by molar-refractivity contribution is -0.115. The van der Waals surface area contributed by atoms with Gasteiger partial charge in [0.25, 0.3) is 11.1 Å². The van der Waals surface area contributed by atoms with Crippen LogP contribution in [0.5, 0.6) is 0 Å². The van der Waals surface area contributed by atoms with Gasteiger partial charge in [-0.1, -0.05) is 26.8 Å². The monoisotopic (exact) mass is 199 g/mol. The summed E-state index contributed by atoms with van der Waals surface area (Å²) in [6.07, 6.45) is 2.63. The van der Waals surface area contributed by atoms with E-state index in [1.165, 1.54) is 0 Å². The fourth-order valence-electron chi connectivity index (χ4n) is 0.859. The summed E-state index contributed by atoms with van der Waals surface area (Å²) in [6, 6.07) is 0. The van der Waals surface area contributed by atoms with Crippen molar-refractivity contribution in [3.63, 3.8) is 0 Å². The molecule has 1 heterocycles. The Labute approximate surface area is 82.0 Å². The third-order valence-electron chi connectivity index (χ3n) is 1.54. The highest BCUT2D eigenvalue weighted by atomic mass is 32.2. The van der Waals surface area contributed by atoms with Gasteiger partial charge in [-0.3, -0.25) is 14.9 Å². The molecule has 0 aromatic heterocycles. The Hall–Kier alpha value is -0.770. The average molecular weight is 199 g/mol. The number of amides is 2. The highest BCUT2D eigenvalue weighted by molar-refractivity contribution is 8.18. The van der Waals surface area contributed by atoms with Crippen molar-refractivity contribution in [1.82, 2.24) is 5.32 Å². The van der Waals surface area contributed by atoms with E-state index in [9.17, 15) is 9.59 Å². The number of hydrogen-bond donors (Lipinski definition) is 1. The second-order valence-electron chi connectivity index (χ2n) is 4.18. The molecular formula is C9H13NO2S. The molecule has 3 nitrogen and oxygen atoms in total. The quantitative estimate of drug-likeness (QED) is 0.659. The first-order valence-corrected chi connectivity index (χ1v) is 4.93. The second-order valence-corrected chi connectivity index (χ2v) is 5.19. The van der Waals surface area contributed by atoms with Crippen molar-refractivity contribution >= 4 is 22.9 Å². The van der Waals surface area contributed by atoms with Crippen molar-refractivity contribution in [2.75, 3.05) is 0 Å². The number of allylic oxidation sites excluding steroid dienone is 1. The molecule has 0 spiro atoms. The van der Waals surface area contributed by atoms with Gasteiger partial charge in [0.15, 0.2) is 0 Å². The van der Waals surface area contributed by atoms with Gasteiger partial charge < -0.3 is 0 Å². The molecule has 1 rings (SSSR count). The van der Waals surface area contributed by atoms with Crippen LogP contribution in [-0.2, 0) is 4.79 Å². The van der Waals surface area contributed by atoms with Crippen LogP contribution in [0.4, 0.5) is 4.79 Å². The van der Waals surface area contributed by atoms with Crippen LogP contribution >= 0.6 is 11.8 Å². The lowest BCUT2D eigenvalue weighted by Crippen LogP contribution is -2.18. The van der Waals surface area contributed by atoms with Gasteiger partial charge in [0, 0.05) is 0 Å². The molecule has 0 aliphatic carbocycles. The summed E-state index contributed by atoms with van der Waals surface area (Å²) in [5.41, 5.74) is 0.152. The first-order chi connectivity index (χ1) is 5.88. The van der Waals surface area contributed by atoms with Crippen LogP contribution in [0.2, 0.25) is 0 Å². The second kappa shape index (κ2) is 3.54. The van der Waals surface area contributed by atoms with Crippen LogP contribution in [0.25, 0.3) is 0 Å². The normalized spacial score (nSPS) is 21.0. The van der Waals surface area contributed by atoms with Crippen LogP contribution in [-0.4, -0.2) is 11.1 Å². The lowest BCUT2D eigenvalue weighted by atomic mass is 9.92. The third-order valence-corrected chi connectivity index (χ3v) is 2.40. The summed E-state index contributed by atoms with van der Waals surface area (Å²) in [6.45, 7) is 6.26. The summed E-state index contributed by atoms with van der Waals surface area (Å²) in [5, 5.41) is 1.95. The minimum atomic E-state index is -0.273. The number of rotatable bonds is 1. The van der Waals surface area contributed by atoms with Gasteiger partial charge in [-0.15, -0.1) is 0 Å². The Morgan fingerprint density at radius 2 is 2.00 bits per heavy atom. The molecule has 72 valence electrons. The number of nitrogens with one attached hydrogen (secondary N) is 1. The number of thioether (sulfide) groups is 1. The standard InChI is InChI=1S/C9H13NO2S/c1-9(2,3)5-4-6-7(11)10-8(12)13-6/h4H,5H2,1-3H3,(H,10,11,12)/b6-4+. The molecule has 1 saturated heterocycles. The van der Waals surface area contributed by atoms with Crippen LogP contribution in [0, 0.1) is 5.41 Å². The molecule has 4 heteroatoms. The van der Waals surface area contributed by atoms with E-state index in [1.54, 1.807) is 0 Å². The molecule has 1 fully saturated rings. The van der Waals surface area contributed by atoms with Crippen LogP contribution in [0.1, 0.15) is 27.2 Å². The van der Waals surface area contributed by atoms with E-state index in [0.29, 0.717) is 4.91 Å². The first kappa shape index (κ1) is 10.3. The molecule has 1 N–H and O–H groups in total. The van der Waals surface area contributed by atoms with Gasteiger partial charge in [-0.2, -0.15) is 0 Å². The number of carbonyl (C=O) groups excluding carboxylic acids is 2. The SMILES string of the molecule is CC(C)(C)C/C=C1/SC(=O)NC1=O. The maximum absolute atomic E-state index is 11.1. The van der Waals surface area contributed by atoms with Gasteiger partial charge in [0.2, 0.25) is 0 Å². The molecule has 0 radical (unpaired) electrons. The topological polar surface area (TPSA) is 46.2 Å². The Bertz CT molecular complexity index is 276. The predicted molar refractivity (Wildman–Crippen MR) is 53.3 cm³/mol. The summed E-state index contributed by atoms with van der Waals surface area (Å²) in [5.74, 6) is -0.265. The van der Waals surface area contributed by atoms with E-state index in [1.807, 2.05) is 6.08 Å². The number of hydrogen-bond acceptors (Lipinski definition) is 3. The minimum Gasteiger partial charge on any atom is -0.282 e. The summed E-state index contributed by atoms with van der Waals surface area (Å²) in [4.78, 5) is 22.4. The van der Waals surface area contributed by atoms with E-state index < -0.39 is 0 Å². The van der Waals surface area contributed by atoms with Crippen LogP contribution in [0.3, 0.4) is 0 Å². The fraction of sp³-hybridized carbons (Fsp3) is 0.556. The molecular weight excluding hydrogens is 186 g/mol. The van der Waals surface area contributed by atoms with E-state index in [2.05, 4.69) is 26.1 Å². The Morgan fingerprint density at radius 3 is 2.38 bits per heavy atom. The smallest absolute Gasteiger partial charge is 0.282 e. The average Bonchev–Trinajstić information content (AvgIpc) is 2.24. The third kappa shape index (κ3) is 3.22. The van der Waals surface area contributed by atoms with Gasteiger partial charge in [0.05, 0.1) is 4.91 Å². The van der Waals surface area contributed by atoms with Crippen molar-refractivity contribution in [2.24, 2.45) is 5.41 Å². The Balaban J connectivity index is 2.63. The fourth-order valence-corrected chi connectivity index (χ4v) is 1.51. The van der Waals surface area contributed by atoms with Crippen molar-refractivity contribution in [2.45, 2.75) is 27.2 Å². The molecule has 0 unspecified atom stereocenters. The van der Waals surface area contributed by atoms with E-state index in [0.717, 1.165) is 18.2 Å². The zero-order chi connectivity index (χ0) is 10.1. The molecule has 0 aromatic rings. The van der Waals surface area contributed by atoms with E-state index in [4.69, 9.17) is 0 Å². The largest absolute Gasteiger partial charge is 0.290 e. The molecule has 1 aliphatic heterocycles. The molecule has 0 atom stereocenters. The summed E-state index contributed by atoms with van der Waals surface area (Å²) >= 11 is 0.976. The Kier molecular flexibility index (Phi) is 2.81. The lowest BCUT2D eigenvalue weighted by Gasteiger charge is -2.14. The first-order valence-electron chi connectivity index (χ1n) is 4.12. The van der Waals surface area contributed by atoms with Crippen molar-refractivity contribution in [3.05, 3.63) is 11.0 Å². The minimum absolute atomic E-state index is 0.152. The van der Waals surface area contributed by atoms with Crippen molar-refractivity contribution in [3.8, 4) is 0 Å². The number of carbonyl (C=O) groups is 2. The maximum atomic E-state index is 11.1. The summed E-state index contributed by atoms with van der Waals surface area (Å²) < 4.78 is 0. The van der Waals surface area contributed by atoms with Crippen LogP contribution in [0.15, 0.2) is 11.0 Å². The molecule has 0 bridgehead atoms. The van der Waals surface area contributed by atoms with Gasteiger partial charge in [0.1, 0.15) is 0 Å². The predicted octanol–water partition coefficient (Wildman–Crippen LogP) is 2.29. The van der Waals surface area contributed by atoms with Crippen LogP contribution < -0.4 is 5.32 Å². The van der Waals surface area contributed by atoms with E-state index >= 15 is 0 Å². The van der Waals surface area contributed by atoms with Crippen molar-refractivity contribution in [1.29, 1.82) is 0 Å². The van der Waals surface area contributed by atoms with E-state index in [-0.39, 0.29) is 16.6 Å². The van der Waals surface area contributed by atoms with Gasteiger partial charge in [-0.25, -0.2) is 0 Å². The molecule has 2 amide bonds. The van der Waals surface area contributed by atoms with Gasteiger partial charge >= 0.3 is 0 Å². The number of imide groups is 1. The highest BCUT2D eigenvalue weighted by Gasteiger charge is 2.25. The highest BCUT2D eigenvalue weighted by Crippen LogP contribution is 2.27. The molecule has 0 saturated carbocycles. The zero-order valence-corrected chi connectivity index (χ0v) is 8.83. The molecule has 1 aliphatic rings. The van der Waals surface area contributed by atoms with Crippen molar-refractivity contribution < 1.29 is 9.59 Å². The molecule has 0 aromatic carbocycles. The zero-order valence-electron chi connectivity index (χ0n) is 8.01. The summed E-state index contributed by atoms with van der Waals surface area (Å²) in [7, 11) is 0. The Morgan fingerprint density at radius 1 is 1.38 bits per heavy atom. The molecule has 13 heavy (non-hydrogen) atoms. The maximum Gasteiger partial charge on any atom is 0.290 e. The van der Waals surface area contributed by atoms with Gasteiger partial charge in [-0.05, 0) is 23.6 Å².